The van der Waals surface area contributed by atoms with Gasteiger partial charge in [-0.3, -0.25) is 4.79 Å². The van der Waals surface area contributed by atoms with E-state index in [9.17, 15) is 9.18 Å². The number of rotatable bonds is 2. The Morgan fingerprint density at radius 3 is 2.88 bits per heavy atom. The predicted molar refractivity (Wildman–Crippen MR) is 68.3 cm³/mol. The molecule has 3 nitrogen and oxygen atoms in total. The van der Waals surface area contributed by atoms with Gasteiger partial charge in [0.25, 0.3) is 0 Å². The maximum atomic E-state index is 13.4. The van der Waals surface area contributed by atoms with Crippen molar-refractivity contribution in [1.29, 1.82) is 0 Å². The molecule has 0 spiro atoms. The van der Waals surface area contributed by atoms with Gasteiger partial charge >= 0.3 is 0 Å². The minimum atomic E-state index is -0.515. The van der Waals surface area contributed by atoms with E-state index >= 15 is 0 Å². The van der Waals surface area contributed by atoms with Gasteiger partial charge in [0.15, 0.2) is 0 Å². The molecule has 1 aromatic carbocycles. The lowest BCUT2D eigenvalue weighted by molar-refractivity contribution is -0.117. The number of halogens is 3. The Kier molecular flexibility index (Phi) is 5.18. The molecule has 1 aromatic rings. The van der Waals surface area contributed by atoms with E-state index in [1.165, 1.54) is 12.1 Å². The molecule has 6 heteroatoms. The van der Waals surface area contributed by atoms with Crippen LogP contribution < -0.4 is 10.6 Å². The van der Waals surface area contributed by atoms with Crippen molar-refractivity contribution in [1.82, 2.24) is 5.32 Å². The quantitative estimate of drug-likeness (QED) is 0.873. The Bertz CT molecular complexity index is 408. The van der Waals surface area contributed by atoms with Gasteiger partial charge in [-0.25, -0.2) is 4.39 Å². The molecule has 1 unspecified atom stereocenters. The molecular formula is C11H13Cl2FN2O. The average molecular weight is 279 g/mol. The molecule has 1 fully saturated rings. The number of amides is 1. The molecule has 17 heavy (non-hydrogen) atoms. The van der Waals surface area contributed by atoms with Crippen LogP contribution in [0.2, 0.25) is 5.02 Å². The van der Waals surface area contributed by atoms with E-state index in [0.29, 0.717) is 5.02 Å². The van der Waals surface area contributed by atoms with Crippen LogP contribution in [0.15, 0.2) is 18.2 Å². The van der Waals surface area contributed by atoms with Gasteiger partial charge in [-0.05, 0) is 37.6 Å². The van der Waals surface area contributed by atoms with E-state index < -0.39 is 5.82 Å². The first kappa shape index (κ1) is 14.2. The number of carbonyl (C=O) groups excluding carboxylic acids is 1. The maximum Gasteiger partial charge on any atom is 0.241 e. The van der Waals surface area contributed by atoms with Gasteiger partial charge in [0.1, 0.15) is 5.82 Å². The third-order valence-corrected chi connectivity index (χ3v) is 2.80. The molecule has 1 aliphatic heterocycles. The van der Waals surface area contributed by atoms with Crippen LogP contribution in [0, 0.1) is 5.82 Å². The number of anilines is 1. The first-order chi connectivity index (χ1) is 7.66. The van der Waals surface area contributed by atoms with Crippen LogP contribution in [0.5, 0.6) is 0 Å². The Labute approximate surface area is 110 Å². The molecule has 1 amide bonds. The molecule has 0 radical (unpaired) electrons. The summed E-state index contributed by atoms with van der Waals surface area (Å²) in [5, 5.41) is 5.91. The lowest BCUT2D eigenvalue weighted by Gasteiger charge is -2.11. The third kappa shape index (κ3) is 3.56. The third-order valence-electron chi connectivity index (χ3n) is 2.57. The molecule has 94 valence electrons. The summed E-state index contributed by atoms with van der Waals surface area (Å²) in [5.41, 5.74) is 0.170. The van der Waals surface area contributed by atoms with E-state index in [4.69, 9.17) is 11.6 Å². The van der Waals surface area contributed by atoms with E-state index in [-0.39, 0.29) is 30.0 Å². The maximum absolute atomic E-state index is 13.4. The van der Waals surface area contributed by atoms with Gasteiger partial charge in [0.2, 0.25) is 5.91 Å². The number of hydrogen-bond donors (Lipinski definition) is 2. The van der Waals surface area contributed by atoms with Crippen LogP contribution in [0.3, 0.4) is 0 Å². The summed E-state index contributed by atoms with van der Waals surface area (Å²) in [6.45, 7) is 0.835. The SMILES string of the molecule is Cl.O=C(Nc1ccc(Cl)cc1F)C1CCCN1. The lowest BCUT2D eigenvalue weighted by atomic mass is 10.2. The summed E-state index contributed by atoms with van der Waals surface area (Å²) >= 11 is 5.62. The fourth-order valence-electron chi connectivity index (χ4n) is 1.72. The second-order valence-electron chi connectivity index (χ2n) is 3.76. The van der Waals surface area contributed by atoms with Crippen LogP contribution in [-0.2, 0) is 4.79 Å². The first-order valence-electron chi connectivity index (χ1n) is 5.16. The predicted octanol–water partition coefficient (Wildman–Crippen LogP) is 2.59. The van der Waals surface area contributed by atoms with E-state index in [1.807, 2.05) is 0 Å². The zero-order valence-corrected chi connectivity index (χ0v) is 10.6. The normalized spacial score (nSPS) is 18.6. The second kappa shape index (κ2) is 6.19. The summed E-state index contributed by atoms with van der Waals surface area (Å²) in [4.78, 5) is 11.7. The fraction of sp³-hybridized carbons (Fsp3) is 0.364. The highest BCUT2D eigenvalue weighted by Crippen LogP contribution is 2.19. The summed E-state index contributed by atoms with van der Waals surface area (Å²) in [6, 6.07) is 3.97. The van der Waals surface area contributed by atoms with Gasteiger partial charge < -0.3 is 10.6 Å². The molecule has 1 saturated heterocycles. The van der Waals surface area contributed by atoms with Crippen LogP contribution in [0.4, 0.5) is 10.1 Å². The summed E-state index contributed by atoms with van der Waals surface area (Å²) in [5.74, 6) is -0.711. The number of benzene rings is 1. The molecule has 0 aliphatic carbocycles. The molecule has 2 N–H and O–H groups in total. The van der Waals surface area contributed by atoms with Crippen molar-refractivity contribution in [2.75, 3.05) is 11.9 Å². The second-order valence-corrected chi connectivity index (χ2v) is 4.20. The van der Waals surface area contributed by atoms with Crippen molar-refractivity contribution in [3.8, 4) is 0 Å². The zero-order chi connectivity index (χ0) is 11.5. The van der Waals surface area contributed by atoms with Crippen LogP contribution in [0.1, 0.15) is 12.8 Å². The summed E-state index contributed by atoms with van der Waals surface area (Å²) in [7, 11) is 0. The van der Waals surface area contributed by atoms with Gasteiger partial charge in [-0.15, -0.1) is 12.4 Å². The minimum absolute atomic E-state index is 0. The molecule has 1 atom stereocenters. The fourth-order valence-corrected chi connectivity index (χ4v) is 1.88. The Morgan fingerprint density at radius 1 is 1.53 bits per heavy atom. The molecule has 0 aromatic heterocycles. The Balaban J connectivity index is 0.00000144. The van der Waals surface area contributed by atoms with Crippen molar-refractivity contribution >= 4 is 35.6 Å². The minimum Gasteiger partial charge on any atom is -0.322 e. The molecular weight excluding hydrogens is 266 g/mol. The highest BCUT2D eigenvalue weighted by atomic mass is 35.5. The van der Waals surface area contributed by atoms with Crippen molar-refractivity contribution in [3.05, 3.63) is 29.0 Å². The highest BCUT2D eigenvalue weighted by molar-refractivity contribution is 6.30. The number of carbonyl (C=O) groups is 1. The van der Waals surface area contributed by atoms with Crippen molar-refractivity contribution < 1.29 is 9.18 Å². The van der Waals surface area contributed by atoms with E-state index in [2.05, 4.69) is 10.6 Å². The van der Waals surface area contributed by atoms with E-state index in [1.54, 1.807) is 6.07 Å². The smallest absolute Gasteiger partial charge is 0.241 e. The monoisotopic (exact) mass is 278 g/mol. The standard InChI is InChI=1S/C11H12ClFN2O.ClH/c12-7-3-4-9(8(13)6-7)15-11(16)10-2-1-5-14-10;/h3-4,6,10,14H,1-2,5H2,(H,15,16);1H. The first-order valence-corrected chi connectivity index (χ1v) is 5.54. The van der Waals surface area contributed by atoms with Crippen LogP contribution in [0.25, 0.3) is 0 Å². The van der Waals surface area contributed by atoms with E-state index in [0.717, 1.165) is 19.4 Å². The topological polar surface area (TPSA) is 41.1 Å². The number of nitrogens with one attached hydrogen (secondary N) is 2. The molecule has 0 bridgehead atoms. The zero-order valence-electron chi connectivity index (χ0n) is 9.00. The molecule has 1 heterocycles. The van der Waals surface area contributed by atoms with Crippen LogP contribution >= 0.6 is 24.0 Å². The lowest BCUT2D eigenvalue weighted by Crippen LogP contribution is -2.35. The molecule has 1 aliphatic rings. The van der Waals surface area contributed by atoms with Gasteiger partial charge in [-0.2, -0.15) is 0 Å². The van der Waals surface area contributed by atoms with Crippen LogP contribution in [-0.4, -0.2) is 18.5 Å². The van der Waals surface area contributed by atoms with Crippen molar-refractivity contribution in [2.24, 2.45) is 0 Å². The Morgan fingerprint density at radius 2 is 2.29 bits per heavy atom. The average Bonchev–Trinajstić information content (AvgIpc) is 2.75. The summed E-state index contributed by atoms with van der Waals surface area (Å²) in [6.07, 6.45) is 1.77. The highest BCUT2D eigenvalue weighted by Gasteiger charge is 2.22. The van der Waals surface area contributed by atoms with Crippen molar-refractivity contribution in [3.63, 3.8) is 0 Å². The largest absolute Gasteiger partial charge is 0.322 e. The van der Waals surface area contributed by atoms with Crippen molar-refractivity contribution in [2.45, 2.75) is 18.9 Å². The Hall–Kier alpha value is -0.840. The molecule has 2 rings (SSSR count). The van der Waals surface area contributed by atoms with Gasteiger partial charge in [0.05, 0.1) is 11.7 Å². The molecule has 0 saturated carbocycles. The van der Waals surface area contributed by atoms with Gasteiger partial charge in [-0.1, -0.05) is 11.6 Å². The number of hydrogen-bond acceptors (Lipinski definition) is 2. The van der Waals surface area contributed by atoms with Gasteiger partial charge in [0, 0.05) is 5.02 Å². The summed E-state index contributed by atoms with van der Waals surface area (Å²) < 4.78 is 13.4.